The number of carbonyl (C=O) groups is 1. The largest absolute Gasteiger partial charge is 0.305 e. The van der Waals surface area contributed by atoms with Crippen molar-refractivity contribution in [3.63, 3.8) is 0 Å². The summed E-state index contributed by atoms with van der Waals surface area (Å²) in [6.07, 6.45) is 2.28. The third-order valence-electron chi connectivity index (χ3n) is 2.10. The molecule has 4 heteroatoms. The van der Waals surface area contributed by atoms with Gasteiger partial charge in [-0.1, -0.05) is 22.9 Å². The predicted molar refractivity (Wildman–Crippen MR) is 58.4 cm³/mol. The Balaban J connectivity index is 3.18. The fourth-order valence-corrected chi connectivity index (χ4v) is 1.72. The van der Waals surface area contributed by atoms with Gasteiger partial charge >= 0.3 is 0 Å². The molecule has 0 saturated carbocycles. The zero-order valence-electron chi connectivity index (χ0n) is 8.16. The van der Waals surface area contributed by atoms with E-state index < -0.39 is 0 Å². The van der Waals surface area contributed by atoms with Crippen LogP contribution in [0.1, 0.15) is 26.3 Å². The number of aromatic nitrogens is 1. The molecular formula is C10H12BrNO2. The van der Waals surface area contributed by atoms with Crippen LogP contribution in [0.15, 0.2) is 27.6 Å². The molecule has 0 bridgehead atoms. The maximum atomic E-state index is 11.5. The standard InChI is InChI=1S/C10H12BrNO2/c1-3-9(7(2)13)12-5-4-8(11)6-10(12)14/h4-6,9H,3H2,1-2H3. The Bertz CT molecular complexity index is 397. The second-order valence-electron chi connectivity index (χ2n) is 3.13. The van der Waals surface area contributed by atoms with Crippen LogP contribution in [-0.2, 0) is 4.79 Å². The van der Waals surface area contributed by atoms with E-state index >= 15 is 0 Å². The predicted octanol–water partition coefficient (Wildman–Crippen LogP) is 2.15. The van der Waals surface area contributed by atoms with Gasteiger partial charge in [-0.15, -0.1) is 0 Å². The number of rotatable bonds is 3. The summed E-state index contributed by atoms with van der Waals surface area (Å²) in [5.41, 5.74) is -0.151. The van der Waals surface area contributed by atoms with Crippen molar-refractivity contribution in [1.82, 2.24) is 4.57 Å². The Labute approximate surface area is 90.9 Å². The molecule has 1 unspecified atom stereocenters. The van der Waals surface area contributed by atoms with E-state index in [0.717, 1.165) is 4.47 Å². The molecular weight excluding hydrogens is 246 g/mol. The molecule has 3 nitrogen and oxygen atoms in total. The molecule has 76 valence electrons. The molecule has 1 atom stereocenters. The van der Waals surface area contributed by atoms with Crippen LogP contribution in [0.2, 0.25) is 0 Å². The van der Waals surface area contributed by atoms with Crippen LogP contribution in [0.5, 0.6) is 0 Å². The van der Waals surface area contributed by atoms with Gasteiger partial charge in [-0.2, -0.15) is 0 Å². The Morgan fingerprint density at radius 2 is 2.29 bits per heavy atom. The van der Waals surface area contributed by atoms with Crippen LogP contribution in [0.25, 0.3) is 0 Å². The molecule has 0 spiro atoms. The van der Waals surface area contributed by atoms with Gasteiger partial charge in [-0.25, -0.2) is 0 Å². The van der Waals surface area contributed by atoms with Gasteiger partial charge in [0.05, 0.1) is 6.04 Å². The third-order valence-corrected chi connectivity index (χ3v) is 2.60. The SMILES string of the molecule is CCC(C(C)=O)n1ccc(Br)cc1=O. The maximum absolute atomic E-state index is 11.5. The summed E-state index contributed by atoms with van der Waals surface area (Å²) in [7, 11) is 0. The molecule has 1 rings (SSSR count). The zero-order valence-corrected chi connectivity index (χ0v) is 9.74. The summed E-state index contributed by atoms with van der Waals surface area (Å²) in [6.45, 7) is 3.39. The Hall–Kier alpha value is -0.900. The first-order valence-corrected chi connectivity index (χ1v) is 5.23. The molecule has 0 radical (unpaired) electrons. The molecule has 0 aliphatic rings. The molecule has 0 saturated heterocycles. The van der Waals surface area contributed by atoms with Crippen LogP contribution in [0, 0.1) is 0 Å². The van der Waals surface area contributed by atoms with Crippen LogP contribution in [0.3, 0.4) is 0 Å². The van der Waals surface area contributed by atoms with Crippen molar-refractivity contribution in [2.24, 2.45) is 0 Å². The lowest BCUT2D eigenvalue weighted by Crippen LogP contribution is -2.27. The van der Waals surface area contributed by atoms with Crippen LogP contribution in [-0.4, -0.2) is 10.4 Å². The van der Waals surface area contributed by atoms with Gasteiger partial charge < -0.3 is 4.57 Å². The quantitative estimate of drug-likeness (QED) is 0.833. The Kier molecular flexibility index (Phi) is 3.63. The summed E-state index contributed by atoms with van der Waals surface area (Å²) in [6, 6.07) is 2.88. The fourth-order valence-electron chi connectivity index (χ4n) is 1.40. The van der Waals surface area contributed by atoms with Crippen molar-refractivity contribution >= 4 is 21.7 Å². The van der Waals surface area contributed by atoms with Gasteiger partial charge in [-0.05, 0) is 19.4 Å². The molecule has 1 aromatic heterocycles. The average molecular weight is 258 g/mol. The summed E-state index contributed by atoms with van der Waals surface area (Å²) >= 11 is 3.21. The monoisotopic (exact) mass is 257 g/mol. The average Bonchev–Trinajstić information content (AvgIpc) is 2.09. The molecule has 0 N–H and O–H groups in total. The number of hydrogen-bond acceptors (Lipinski definition) is 2. The first kappa shape index (κ1) is 11.2. The van der Waals surface area contributed by atoms with Crippen molar-refractivity contribution in [3.8, 4) is 0 Å². The second-order valence-corrected chi connectivity index (χ2v) is 4.04. The van der Waals surface area contributed by atoms with Crippen LogP contribution in [0.4, 0.5) is 0 Å². The van der Waals surface area contributed by atoms with E-state index in [1.54, 1.807) is 12.3 Å². The van der Waals surface area contributed by atoms with Crippen LogP contribution >= 0.6 is 15.9 Å². The van der Waals surface area contributed by atoms with Crippen molar-refractivity contribution < 1.29 is 4.79 Å². The third kappa shape index (κ3) is 2.32. The highest BCUT2D eigenvalue weighted by Gasteiger charge is 2.14. The maximum Gasteiger partial charge on any atom is 0.252 e. The first-order valence-electron chi connectivity index (χ1n) is 4.44. The normalized spacial score (nSPS) is 12.5. The second kappa shape index (κ2) is 4.55. The highest BCUT2D eigenvalue weighted by Crippen LogP contribution is 2.11. The van der Waals surface area contributed by atoms with Gasteiger partial charge in [0.1, 0.15) is 0 Å². The minimum atomic E-state index is -0.337. The highest BCUT2D eigenvalue weighted by molar-refractivity contribution is 9.10. The number of halogens is 1. The first-order chi connectivity index (χ1) is 6.56. The minimum Gasteiger partial charge on any atom is -0.305 e. The smallest absolute Gasteiger partial charge is 0.252 e. The lowest BCUT2D eigenvalue weighted by atomic mass is 10.1. The molecule has 0 aromatic carbocycles. The minimum absolute atomic E-state index is 0.0110. The number of nitrogens with zero attached hydrogens (tertiary/aromatic N) is 1. The van der Waals surface area contributed by atoms with Gasteiger partial charge in [-0.3, -0.25) is 9.59 Å². The fraction of sp³-hybridized carbons (Fsp3) is 0.400. The number of hydrogen-bond donors (Lipinski definition) is 0. The Morgan fingerprint density at radius 1 is 1.64 bits per heavy atom. The van der Waals surface area contributed by atoms with E-state index in [-0.39, 0.29) is 17.4 Å². The molecule has 0 aliphatic heterocycles. The summed E-state index contributed by atoms with van der Waals surface area (Å²) in [5.74, 6) is 0.0110. The van der Waals surface area contributed by atoms with E-state index in [9.17, 15) is 9.59 Å². The number of pyridine rings is 1. The van der Waals surface area contributed by atoms with E-state index in [2.05, 4.69) is 15.9 Å². The number of ketones is 1. The topological polar surface area (TPSA) is 39.1 Å². The summed E-state index contributed by atoms with van der Waals surface area (Å²) in [5, 5.41) is 0. The molecule has 14 heavy (non-hydrogen) atoms. The van der Waals surface area contributed by atoms with Crippen molar-refractivity contribution in [2.45, 2.75) is 26.3 Å². The van der Waals surface area contributed by atoms with E-state index in [1.165, 1.54) is 17.6 Å². The van der Waals surface area contributed by atoms with Crippen molar-refractivity contribution in [2.75, 3.05) is 0 Å². The van der Waals surface area contributed by atoms with Gasteiger partial charge in [0, 0.05) is 16.7 Å². The summed E-state index contributed by atoms with van der Waals surface area (Å²) < 4.78 is 2.20. The molecule has 1 heterocycles. The van der Waals surface area contributed by atoms with Crippen LogP contribution < -0.4 is 5.56 Å². The zero-order chi connectivity index (χ0) is 10.7. The number of Topliss-reactive ketones (excluding diaryl/α,β-unsaturated/α-hetero) is 1. The molecule has 0 aliphatic carbocycles. The molecule has 0 amide bonds. The van der Waals surface area contributed by atoms with Crippen molar-refractivity contribution in [1.29, 1.82) is 0 Å². The van der Waals surface area contributed by atoms with Gasteiger partial charge in [0.2, 0.25) is 0 Å². The van der Waals surface area contributed by atoms with Gasteiger partial charge in [0.15, 0.2) is 5.78 Å². The van der Waals surface area contributed by atoms with E-state index in [0.29, 0.717) is 6.42 Å². The van der Waals surface area contributed by atoms with E-state index in [4.69, 9.17) is 0 Å². The van der Waals surface area contributed by atoms with Crippen molar-refractivity contribution in [3.05, 3.63) is 33.2 Å². The van der Waals surface area contributed by atoms with Gasteiger partial charge in [0.25, 0.3) is 5.56 Å². The molecule has 1 aromatic rings. The lowest BCUT2D eigenvalue weighted by Gasteiger charge is -2.14. The summed E-state index contributed by atoms with van der Waals surface area (Å²) in [4.78, 5) is 22.8. The lowest BCUT2D eigenvalue weighted by molar-refractivity contribution is -0.120. The highest BCUT2D eigenvalue weighted by atomic mass is 79.9. The Morgan fingerprint density at radius 3 is 2.71 bits per heavy atom. The van der Waals surface area contributed by atoms with E-state index in [1.807, 2.05) is 6.92 Å². The number of carbonyl (C=O) groups excluding carboxylic acids is 1. The molecule has 0 fully saturated rings.